The Balaban J connectivity index is 1.45. The number of piperazine rings is 1. The number of carbonyl (C=O) groups is 1. The first kappa shape index (κ1) is 21.5. The maximum Gasteiger partial charge on any atom is 0.243 e. The summed E-state index contributed by atoms with van der Waals surface area (Å²) < 4.78 is 27.3. The standard InChI is InChI=1S/C24H27N3O3S/c1-17-8-10-20(11-9-17)31(29,30)27-14-12-26(13-15-27)24(28)16-22-18(2)21-6-4-5-7-23(21)25-19(22)3/h4-11H,12-16H2,1-3H3. The number of benzene rings is 2. The molecular formula is C24H27N3O3S. The molecule has 1 amide bonds. The van der Waals surface area contributed by atoms with E-state index < -0.39 is 10.0 Å². The fraction of sp³-hybridized carbons (Fsp3) is 0.333. The molecule has 1 aliphatic rings. The van der Waals surface area contributed by atoms with Gasteiger partial charge in [0, 0.05) is 37.3 Å². The van der Waals surface area contributed by atoms with Gasteiger partial charge in [0.15, 0.2) is 0 Å². The molecule has 0 radical (unpaired) electrons. The number of rotatable bonds is 4. The average molecular weight is 438 g/mol. The Labute approximate surface area is 183 Å². The van der Waals surface area contributed by atoms with E-state index in [1.807, 2.05) is 45.0 Å². The van der Waals surface area contributed by atoms with Gasteiger partial charge in [-0.3, -0.25) is 9.78 Å². The Morgan fingerprint density at radius 2 is 1.58 bits per heavy atom. The largest absolute Gasteiger partial charge is 0.340 e. The van der Waals surface area contributed by atoms with Crippen molar-refractivity contribution < 1.29 is 13.2 Å². The molecule has 1 aliphatic heterocycles. The van der Waals surface area contributed by atoms with Gasteiger partial charge in [0.1, 0.15) is 0 Å². The molecule has 0 bridgehead atoms. The van der Waals surface area contributed by atoms with Gasteiger partial charge in [0.2, 0.25) is 15.9 Å². The van der Waals surface area contributed by atoms with E-state index in [4.69, 9.17) is 0 Å². The summed E-state index contributed by atoms with van der Waals surface area (Å²) in [6.07, 6.45) is 0.278. The van der Waals surface area contributed by atoms with Gasteiger partial charge in [-0.2, -0.15) is 4.31 Å². The van der Waals surface area contributed by atoms with Gasteiger partial charge in [-0.05, 0) is 50.1 Å². The predicted molar refractivity (Wildman–Crippen MR) is 121 cm³/mol. The van der Waals surface area contributed by atoms with Crippen LogP contribution < -0.4 is 0 Å². The highest BCUT2D eigenvalue weighted by atomic mass is 32.2. The number of nitrogens with zero attached hydrogens (tertiary/aromatic N) is 3. The van der Waals surface area contributed by atoms with Gasteiger partial charge in [0.05, 0.1) is 16.8 Å². The van der Waals surface area contributed by atoms with E-state index in [2.05, 4.69) is 4.98 Å². The lowest BCUT2D eigenvalue weighted by Gasteiger charge is -2.34. The summed E-state index contributed by atoms with van der Waals surface area (Å²) in [5, 5.41) is 1.06. The maximum absolute atomic E-state index is 13.0. The van der Waals surface area contributed by atoms with Gasteiger partial charge >= 0.3 is 0 Å². The van der Waals surface area contributed by atoms with Gasteiger partial charge < -0.3 is 4.90 Å². The smallest absolute Gasteiger partial charge is 0.243 e. The number of aryl methyl sites for hydroxylation is 3. The topological polar surface area (TPSA) is 70.6 Å². The minimum Gasteiger partial charge on any atom is -0.340 e. The molecule has 1 aromatic heterocycles. The van der Waals surface area contributed by atoms with Crippen molar-refractivity contribution in [3.63, 3.8) is 0 Å². The first-order valence-electron chi connectivity index (χ1n) is 10.5. The van der Waals surface area contributed by atoms with Gasteiger partial charge in [0.25, 0.3) is 0 Å². The Hall–Kier alpha value is -2.77. The summed E-state index contributed by atoms with van der Waals surface area (Å²) >= 11 is 0. The monoisotopic (exact) mass is 437 g/mol. The molecule has 0 saturated carbocycles. The maximum atomic E-state index is 13.0. The van der Waals surface area contributed by atoms with E-state index in [-0.39, 0.29) is 12.3 Å². The van der Waals surface area contributed by atoms with Gasteiger partial charge in [-0.15, -0.1) is 0 Å². The van der Waals surface area contributed by atoms with Crippen LogP contribution in [0.5, 0.6) is 0 Å². The second-order valence-electron chi connectivity index (χ2n) is 8.09. The van der Waals surface area contributed by atoms with Gasteiger partial charge in [-0.1, -0.05) is 35.9 Å². The van der Waals surface area contributed by atoms with Crippen LogP contribution in [0.25, 0.3) is 10.9 Å². The second kappa shape index (κ2) is 8.40. The molecular weight excluding hydrogens is 410 g/mol. The number of fused-ring (bicyclic) bond motifs is 1. The molecule has 0 atom stereocenters. The molecule has 0 spiro atoms. The van der Waals surface area contributed by atoms with E-state index in [9.17, 15) is 13.2 Å². The number of hydrogen-bond donors (Lipinski definition) is 0. The Morgan fingerprint density at radius 1 is 0.935 bits per heavy atom. The van der Waals surface area contributed by atoms with E-state index in [0.29, 0.717) is 31.1 Å². The first-order chi connectivity index (χ1) is 14.8. The first-order valence-corrected chi connectivity index (χ1v) is 11.9. The number of hydrogen-bond acceptors (Lipinski definition) is 4. The summed E-state index contributed by atoms with van der Waals surface area (Å²) in [7, 11) is -3.54. The second-order valence-corrected chi connectivity index (χ2v) is 10.0. The minimum atomic E-state index is -3.54. The Morgan fingerprint density at radius 3 is 2.26 bits per heavy atom. The third-order valence-corrected chi connectivity index (χ3v) is 7.98. The van der Waals surface area contributed by atoms with Gasteiger partial charge in [-0.25, -0.2) is 8.42 Å². The zero-order chi connectivity index (χ0) is 22.2. The van der Waals surface area contributed by atoms with Crippen LogP contribution in [0.15, 0.2) is 53.4 Å². The summed E-state index contributed by atoms with van der Waals surface area (Å²) in [6.45, 7) is 7.28. The Kier molecular flexibility index (Phi) is 5.81. The molecule has 0 unspecified atom stereocenters. The molecule has 7 heteroatoms. The number of sulfonamides is 1. The fourth-order valence-electron chi connectivity index (χ4n) is 4.13. The highest BCUT2D eigenvalue weighted by Crippen LogP contribution is 2.24. The van der Waals surface area contributed by atoms with Crippen LogP contribution in [0, 0.1) is 20.8 Å². The van der Waals surface area contributed by atoms with Crippen LogP contribution >= 0.6 is 0 Å². The quantitative estimate of drug-likeness (QED) is 0.628. The number of aromatic nitrogens is 1. The summed E-state index contributed by atoms with van der Waals surface area (Å²) in [4.78, 5) is 19.7. The molecule has 3 aromatic rings. The van der Waals surface area contributed by atoms with Crippen molar-refractivity contribution in [2.75, 3.05) is 26.2 Å². The van der Waals surface area contributed by atoms with Crippen molar-refractivity contribution in [2.24, 2.45) is 0 Å². The van der Waals surface area contributed by atoms with Crippen LogP contribution in [0.3, 0.4) is 0 Å². The normalized spacial score (nSPS) is 15.4. The lowest BCUT2D eigenvalue weighted by molar-refractivity contribution is -0.131. The minimum absolute atomic E-state index is 0.00987. The number of carbonyl (C=O) groups excluding carboxylic acids is 1. The molecule has 162 valence electrons. The van der Waals surface area contributed by atoms with Crippen LogP contribution in [0.4, 0.5) is 0 Å². The van der Waals surface area contributed by atoms with Crippen LogP contribution in [0.2, 0.25) is 0 Å². The van der Waals surface area contributed by atoms with E-state index in [1.165, 1.54) is 4.31 Å². The molecule has 1 fully saturated rings. The van der Waals surface area contributed by atoms with E-state index in [0.717, 1.165) is 33.3 Å². The van der Waals surface area contributed by atoms with Crippen molar-refractivity contribution in [2.45, 2.75) is 32.1 Å². The summed E-state index contributed by atoms with van der Waals surface area (Å²) in [6, 6.07) is 14.8. The highest BCUT2D eigenvalue weighted by molar-refractivity contribution is 7.89. The molecule has 6 nitrogen and oxygen atoms in total. The molecule has 2 aromatic carbocycles. The van der Waals surface area contributed by atoms with Crippen molar-refractivity contribution >= 4 is 26.8 Å². The molecule has 31 heavy (non-hydrogen) atoms. The SMILES string of the molecule is Cc1ccc(S(=O)(=O)N2CCN(C(=O)Cc3c(C)nc4ccccc4c3C)CC2)cc1. The van der Waals surface area contributed by atoms with E-state index in [1.54, 1.807) is 29.2 Å². The zero-order valence-corrected chi connectivity index (χ0v) is 18.9. The molecule has 2 heterocycles. The zero-order valence-electron chi connectivity index (χ0n) is 18.1. The van der Waals surface area contributed by atoms with Crippen LogP contribution in [-0.4, -0.2) is 54.7 Å². The number of amides is 1. The van der Waals surface area contributed by atoms with Crippen molar-refractivity contribution in [3.05, 3.63) is 70.9 Å². The summed E-state index contributed by atoms with van der Waals surface area (Å²) in [5.74, 6) is 0.00987. The predicted octanol–water partition coefficient (Wildman–Crippen LogP) is 3.24. The number of pyridine rings is 1. The molecule has 4 rings (SSSR count). The van der Waals surface area contributed by atoms with Crippen molar-refractivity contribution in [1.82, 2.24) is 14.2 Å². The number of para-hydroxylation sites is 1. The van der Waals surface area contributed by atoms with Crippen LogP contribution in [0.1, 0.15) is 22.4 Å². The Bertz CT molecular complexity index is 1230. The molecule has 0 aliphatic carbocycles. The molecule has 0 N–H and O–H groups in total. The lowest BCUT2D eigenvalue weighted by atomic mass is 9.99. The fourth-order valence-corrected chi connectivity index (χ4v) is 5.55. The summed E-state index contributed by atoms with van der Waals surface area (Å²) in [5.41, 5.74) is 4.85. The van der Waals surface area contributed by atoms with E-state index >= 15 is 0 Å². The molecule has 1 saturated heterocycles. The average Bonchev–Trinajstić information content (AvgIpc) is 2.77. The van der Waals surface area contributed by atoms with Crippen molar-refractivity contribution in [1.29, 1.82) is 0 Å². The van der Waals surface area contributed by atoms with Crippen LogP contribution in [-0.2, 0) is 21.2 Å². The third kappa shape index (κ3) is 4.20. The third-order valence-electron chi connectivity index (χ3n) is 6.06. The van der Waals surface area contributed by atoms with Crippen molar-refractivity contribution in [3.8, 4) is 0 Å². The lowest BCUT2D eigenvalue weighted by Crippen LogP contribution is -2.50. The highest BCUT2D eigenvalue weighted by Gasteiger charge is 2.30.